The molecule has 1 heterocycles. The fourth-order valence-electron chi connectivity index (χ4n) is 3.37. The van der Waals surface area contributed by atoms with E-state index in [-0.39, 0.29) is 43.1 Å². The van der Waals surface area contributed by atoms with Crippen LogP contribution in [0.3, 0.4) is 0 Å². The SMILES string of the molecule is CC(CNc1ccc(C(=O)NC(CCC(=O)OC(C)(C)CCO)C(=O)O)cc1)=Nc1c(C)nc(N)[nH]c1=O. The molecule has 0 aliphatic carbocycles. The molecule has 0 fully saturated rings. The molecule has 2 aromatic rings. The number of aliphatic hydroxyl groups excluding tert-OH is 1. The number of aromatic nitrogens is 2. The van der Waals surface area contributed by atoms with Crippen LogP contribution >= 0.6 is 0 Å². The zero-order valence-electron chi connectivity index (χ0n) is 21.8. The molecular formula is C25H34N6O7. The highest BCUT2D eigenvalue weighted by Gasteiger charge is 2.25. The molecule has 0 radical (unpaired) electrons. The van der Waals surface area contributed by atoms with Gasteiger partial charge in [-0.3, -0.25) is 19.4 Å². The Hall–Kier alpha value is -4.26. The summed E-state index contributed by atoms with van der Waals surface area (Å²) in [4.78, 5) is 59.0. The molecule has 0 saturated carbocycles. The highest BCUT2D eigenvalue weighted by molar-refractivity contribution is 5.97. The molecule has 13 nitrogen and oxygen atoms in total. The zero-order valence-corrected chi connectivity index (χ0v) is 21.8. The molecule has 0 aliphatic rings. The summed E-state index contributed by atoms with van der Waals surface area (Å²) in [5.74, 6) is -2.49. The predicted octanol–water partition coefficient (Wildman–Crippen LogP) is 1.53. The van der Waals surface area contributed by atoms with Crippen LogP contribution in [-0.2, 0) is 14.3 Å². The van der Waals surface area contributed by atoms with Gasteiger partial charge in [-0.15, -0.1) is 0 Å². The van der Waals surface area contributed by atoms with Crippen LogP contribution in [0.4, 0.5) is 17.3 Å². The molecule has 1 aromatic heterocycles. The molecule has 0 saturated heterocycles. The van der Waals surface area contributed by atoms with Gasteiger partial charge in [0.25, 0.3) is 11.5 Å². The molecule has 206 valence electrons. The van der Waals surface area contributed by atoms with E-state index in [9.17, 15) is 24.3 Å². The maximum atomic E-state index is 12.6. The number of hydrogen-bond acceptors (Lipinski definition) is 10. The van der Waals surface area contributed by atoms with E-state index in [0.717, 1.165) is 0 Å². The van der Waals surface area contributed by atoms with E-state index in [4.69, 9.17) is 15.6 Å². The number of ether oxygens (including phenoxy) is 1. The van der Waals surface area contributed by atoms with Crippen LogP contribution in [0.15, 0.2) is 34.1 Å². The van der Waals surface area contributed by atoms with E-state index in [1.165, 1.54) is 12.1 Å². The van der Waals surface area contributed by atoms with Gasteiger partial charge in [-0.2, -0.15) is 0 Å². The van der Waals surface area contributed by atoms with Gasteiger partial charge in [-0.05, 0) is 58.4 Å². The highest BCUT2D eigenvalue weighted by Crippen LogP contribution is 2.16. The summed E-state index contributed by atoms with van der Waals surface area (Å²) in [6.07, 6.45) is -0.124. The van der Waals surface area contributed by atoms with Crippen molar-refractivity contribution in [3.05, 3.63) is 45.9 Å². The number of nitrogens with two attached hydrogens (primary N) is 1. The van der Waals surface area contributed by atoms with Gasteiger partial charge in [-0.1, -0.05) is 0 Å². The van der Waals surface area contributed by atoms with Crippen LogP contribution in [0.2, 0.25) is 0 Å². The van der Waals surface area contributed by atoms with Crippen molar-refractivity contribution in [3.63, 3.8) is 0 Å². The average molecular weight is 531 g/mol. The van der Waals surface area contributed by atoms with Crippen LogP contribution in [0, 0.1) is 6.92 Å². The third kappa shape index (κ3) is 9.32. The minimum atomic E-state index is -1.29. The van der Waals surface area contributed by atoms with Gasteiger partial charge in [0.2, 0.25) is 5.95 Å². The van der Waals surface area contributed by atoms with Crippen LogP contribution in [0.5, 0.6) is 0 Å². The first kappa shape index (κ1) is 30.0. The van der Waals surface area contributed by atoms with Crippen molar-refractivity contribution in [3.8, 4) is 0 Å². The molecule has 1 aromatic carbocycles. The standard InChI is InChI=1S/C25H34N6O7/c1-14(28-20-15(2)29-24(26)31-22(20)35)13-27-17-7-5-16(6-8-17)21(34)30-18(23(36)37)9-10-19(33)38-25(3,4)11-12-32/h5-8,18,27,32H,9-13H2,1-4H3,(H,30,34)(H,36,37)(H3,26,29,31,35). The summed E-state index contributed by atoms with van der Waals surface area (Å²) in [7, 11) is 0. The van der Waals surface area contributed by atoms with E-state index in [1.54, 1.807) is 39.8 Å². The van der Waals surface area contributed by atoms with Crippen molar-refractivity contribution in [2.24, 2.45) is 4.99 Å². The number of carbonyl (C=O) groups excluding carboxylic acids is 2. The number of carboxylic acids is 1. The van der Waals surface area contributed by atoms with Crippen molar-refractivity contribution in [2.45, 2.75) is 58.6 Å². The van der Waals surface area contributed by atoms with Crippen molar-refractivity contribution < 1.29 is 29.3 Å². The average Bonchev–Trinajstić information content (AvgIpc) is 2.82. The molecule has 38 heavy (non-hydrogen) atoms. The minimum absolute atomic E-state index is 0.0156. The number of aliphatic hydroxyl groups is 1. The lowest BCUT2D eigenvalue weighted by atomic mass is 10.1. The molecule has 0 spiro atoms. The molecule has 1 unspecified atom stereocenters. The van der Waals surface area contributed by atoms with E-state index in [0.29, 0.717) is 23.6 Å². The number of aliphatic imine (C=N–C) groups is 1. The largest absolute Gasteiger partial charge is 0.480 e. The van der Waals surface area contributed by atoms with Crippen molar-refractivity contribution in [2.75, 3.05) is 24.2 Å². The summed E-state index contributed by atoms with van der Waals surface area (Å²) >= 11 is 0. The normalized spacial score (nSPS) is 12.5. The van der Waals surface area contributed by atoms with Gasteiger partial charge < -0.3 is 31.3 Å². The first-order valence-electron chi connectivity index (χ1n) is 11.9. The number of benzene rings is 1. The van der Waals surface area contributed by atoms with E-state index in [2.05, 4.69) is 25.6 Å². The molecule has 7 N–H and O–H groups in total. The summed E-state index contributed by atoms with van der Waals surface area (Å²) in [6.45, 7) is 6.81. The Morgan fingerprint density at radius 1 is 1.24 bits per heavy atom. The number of hydrogen-bond donors (Lipinski definition) is 6. The number of carbonyl (C=O) groups is 3. The van der Waals surface area contributed by atoms with E-state index in [1.807, 2.05) is 0 Å². The second-order valence-electron chi connectivity index (χ2n) is 9.27. The highest BCUT2D eigenvalue weighted by atomic mass is 16.6. The first-order valence-corrected chi connectivity index (χ1v) is 11.9. The minimum Gasteiger partial charge on any atom is -0.480 e. The van der Waals surface area contributed by atoms with E-state index >= 15 is 0 Å². The number of H-pyrrole nitrogens is 1. The Morgan fingerprint density at radius 3 is 2.47 bits per heavy atom. The Balaban J connectivity index is 1.94. The second-order valence-corrected chi connectivity index (χ2v) is 9.27. The summed E-state index contributed by atoms with van der Waals surface area (Å²) < 4.78 is 5.26. The molecule has 1 atom stereocenters. The first-order chi connectivity index (χ1) is 17.8. The van der Waals surface area contributed by atoms with Gasteiger partial charge in [0, 0.05) is 36.4 Å². The Labute approximate surface area is 219 Å². The summed E-state index contributed by atoms with van der Waals surface area (Å²) in [6, 6.07) is 5.03. The van der Waals surface area contributed by atoms with Crippen LogP contribution in [0.1, 0.15) is 56.1 Å². The van der Waals surface area contributed by atoms with Gasteiger partial charge >= 0.3 is 11.9 Å². The summed E-state index contributed by atoms with van der Waals surface area (Å²) in [5.41, 5.74) is 6.28. The molecule has 13 heteroatoms. The van der Waals surface area contributed by atoms with Crippen LogP contribution < -0.4 is 21.9 Å². The zero-order chi connectivity index (χ0) is 28.5. The van der Waals surface area contributed by atoms with Gasteiger partial charge in [0.15, 0.2) is 0 Å². The van der Waals surface area contributed by atoms with Gasteiger partial charge in [0.1, 0.15) is 17.3 Å². The third-order valence-electron chi connectivity index (χ3n) is 5.43. The fourth-order valence-corrected chi connectivity index (χ4v) is 3.37. The molecule has 0 aliphatic heterocycles. The maximum Gasteiger partial charge on any atom is 0.326 e. The summed E-state index contributed by atoms with van der Waals surface area (Å²) in [5, 5.41) is 24.0. The number of aromatic amines is 1. The Kier molecular flexibility index (Phi) is 10.5. The molecule has 0 bridgehead atoms. The molecule has 1 amide bonds. The van der Waals surface area contributed by atoms with Gasteiger partial charge in [0.05, 0.1) is 12.2 Å². The Morgan fingerprint density at radius 2 is 1.89 bits per heavy atom. The second kappa shape index (κ2) is 13.3. The number of nitrogens with zero attached hydrogens (tertiary/aromatic N) is 2. The maximum absolute atomic E-state index is 12.6. The number of aliphatic carboxylic acids is 1. The number of anilines is 2. The van der Waals surface area contributed by atoms with Crippen molar-refractivity contribution >= 4 is 40.9 Å². The number of aryl methyl sites for hydroxylation is 1. The lowest BCUT2D eigenvalue weighted by Gasteiger charge is -2.24. The molecule has 2 rings (SSSR count). The van der Waals surface area contributed by atoms with Gasteiger partial charge in [-0.25, -0.2) is 14.8 Å². The lowest BCUT2D eigenvalue weighted by Crippen LogP contribution is -2.41. The predicted molar refractivity (Wildman–Crippen MR) is 142 cm³/mol. The van der Waals surface area contributed by atoms with Crippen LogP contribution in [0.25, 0.3) is 0 Å². The Bertz CT molecular complexity index is 1240. The van der Waals surface area contributed by atoms with Crippen LogP contribution in [-0.4, -0.2) is 68.5 Å². The smallest absolute Gasteiger partial charge is 0.326 e. The number of nitrogens with one attached hydrogen (secondary N) is 3. The van der Waals surface area contributed by atoms with E-state index < -0.39 is 35.0 Å². The fraction of sp³-hybridized carbons (Fsp3) is 0.440. The number of amides is 1. The number of esters is 1. The quantitative estimate of drug-likeness (QED) is 0.162. The van der Waals surface area contributed by atoms with Crippen molar-refractivity contribution in [1.29, 1.82) is 0 Å². The van der Waals surface area contributed by atoms with Crippen molar-refractivity contribution in [1.82, 2.24) is 15.3 Å². The number of nitrogen functional groups attached to an aromatic ring is 1. The monoisotopic (exact) mass is 530 g/mol. The molecular weight excluding hydrogens is 496 g/mol. The third-order valence-corrected chi connectivity index (χ3v) is 5.43. The lowest BCUT2D eigenvalue weighted by molar-refractivity contribution is -0.158. The number of rotatable bonds is 13. The number of carboxylic acid groups (broad SMARTS) is 1. The topological polar surface area (TPSA) is 209 Å².